The molecular weight excluding hydrogens is 1140 g/mol. The van der Waals surface area contributed by atoms with Crippen molar-refractivity contribution in [3.05, 3.63) is 11.6 Å². The summed E-state index contributed by atoms with van der Waals surface area (Å²) >= 11 is 0. The van der Waals surface area contributed by atoms with Crippen LogP contribution in [0.2, 0.25) is 0 Å². The predicted octanol–water partition coefficient (Wildman–Crippen LogP) is -3.57. The van der Waals surface area contributed by atoms with Gasteiger partial charge in [-0.2, -0.15) is 0 Å². The molecule has 16 N–H and O–H groups in total. The SMILES string of the molecule is C[C@@H]1O[C@@H](O[C@H]2[C@H](O)[C@@H](O)[C@H](OC[C@H]3O[C@@H](OC(=O)[C@]45CCC(C)(C)C[C@H]4C4=CC[C@@H]6[C@@]7(C)CC[C@H](O[C@@H]8OC[C@H](O)[C@H](O[C@@H]9O[C@H](CO)[C@@H](O)[C@H](O)[C@H]9O)[C@H]8O)C(C)(C)[C@@H]7CC[C@@]6(C)[C@]4(C)C[C@@H]5O)[C@H](O)[C@@H](O)[C@@H]3O)O[C@@H]2CO)[C@H](O)[C@H](O)[C@H]1O. The lowest BCUT2D eigenvalue weighted by atomic mass is 9.33. The zero-order chi connectivity index (χ0) is 62.9. The van der Waals surface area contributed by atoms with Crippen molar-refractivity contribution in [2.45, 2.75) is 273 Å². The molecule has 27 heteroatoms. The highest BCUT2D eigenvalue weighted by Gasteiger charge is 2.72. The van der Waals surface area contributed by atoms with Crippen LogP contribution in [-0.2, 0) is 52.2 Å². The Labute approximate surface area is 499 Å². The number of aliphatic hydroxyl groups is 16. The van der Waals surface area contributed by atoms with Crippen LogP contribution in [0, 0.1) is 50.2 Å². The van der Waals surface area contributed by atoms with Crippen LogP contribution in [0.1, 0.15) is 113 Å². The number of ether oxygens (including phenoxy) is 10. The van der Waals surface area contributed by atoms with Gasteiger partial charge < -0.3 is 129 Å². The van der Waals surface area contributed by atoms with Gasteiger partial charge in [-0.05, 0) is 110 Å². The zero-order valence-electron chi connectivity index (χ0n) is 50.2. The van der Waals surface area contributed by atoms with Crippen LogP contribution in [-0.4, -0.2) is 274 Å². The Kier molecular flexibility index (Phi) is 19.2. The summed E-state index contributed by atoms with van der Waals surface area (Å²) in [5.74, 6) is -1.20. The van der Waals surface area contributed by atoms with Gasteiger partial charge >= 0.3 is 5.97 Å². The van der Waals surface area contributed by atoms with Crippen molar-refractivity contribution in [2.75, 3.05) is 26.4 Å². The number of carbonyl (C=O) groups excluding carboxylic acids is 1. The van der Waals surface area contributed by atoms with Gasteiger partial charge in [-0.15, -0.1) is 0 Å². The molecule has 9 fully saturated rings. The summed E-state index contributed by atoms with van der Waals surface area (Å²) in [6.07, 6.45) is -33.5. The Morgan fingerprint density at radius 3 is 1.80 bits per heavy atom. The van der Waals surface area contributed by atoms with Gasteiger partial charge in [0, 0.05) is 0 Å². The van der Waals surface area contributed by atoms with Crippen molar-refractivity contribution in [1.82, 2.24) is 0 Å². The molecule has 494 valence electrons. The third kappa shape index (κ3) is 11.1. The number of fused-ring (bicyclic) bond motifs is 7. The minimum Gasteiger partial charge on any atom is -0.432 e. The second-order valence-electron chi connectivity index (χ2n) is 28.8. The number of rotatable bonds is 13. The zero-order valence-corrected chi connectivity index (χ0v) is 50.2. The molecule has 5 saturated heterocycles. The summed E-state index contributed by atoms with van der Waals surface area (Å²) in [6.45, 7) is 14.3. The third-order valence-corrected chi connectivity index (χ3v) is 23.1. The maximum atomic E-state index is 15.3. The monoisotopic (exact) mass is 1240 g/mol. The second kappa shape index (κ2) is 24.6. The summed E-state index contributed by atoms with van der Waals surface area (Å²) in [6, 6.07) is 0. The molecule has 4 saturated carbocycles. The van der Waals surface area contributed by atoms with E-state index in [2.05, 4.69) is 54.5 Å². The first-order valence-electron chi connectivity index (χ1n) is 30.7. The minimum absolute atomic E-state index is 0.0885. The molecule has 5 heterocycles. The van der Waals surface area contributed by atoms with E-state index in [0.717, 1.165) is 24.8 Å². The molecule has 0 spiro atoms. The molecule has 0 bridgehead atoms. The van der Waals surface area contributed by atoms with Gasteiger partial charge in [0.15, 0.2) is 25.2 Å². The fourth-order valence-electron chi connectivity index (χ4n) is 17.7. The van der Waals surface area contributed by atoms with Gasteiger partial charge in [0.05, 0.1) is 44.7 Å². The molecule has 27 nitrogen and oxygen atoms in total. The predicted molar refractivity (Wildman–Crippen MR) is 289 cm³/mol. The second-order valence-corrected chi connectivity index (χ2v) is 28.8. The van der Waals surface area contributed by atoms with Crippen LogP contribution >= 0.6 is 0 Å². The number of allylic oxidation sites excluding steroid dienone is 2. The molecule has 0 unspecified atom stereocenters. The van der Waals surface area contributed by atoms with E-state index in [1.165, 1.54) is 6.92 Å². The summed E-state index contributed by atoms with van der Waals surface area (Å²) in [5, 5.41) is 174. The molecule has 0 aromatic carbocycles. The quantitative estimate of drug-likeness (QED) is 0.0482. The van der Waals surface area contributed by atoms with E-state index in [9.17, 15) is 81.7 Å². The van der Waals surface area contributed by atoms with Gasteiger partial charge in [0.1, 0.15) is 115 Å². The van der Waals surface area contributed by atoms with Crippen molar-refractivity contribution in [3.63, 3.8) is 0 Å². The molecule has 0 aromatic rings. The lowest BCUT2D eigenvalue weighted by Crippen LogP contribution is -2.68. The molecule has 0 amide bonds. The van der Waals surface area contributed by atoms with E-state index in [4.69, 9.17) is 47.4 Å². The average molecular weight is 1240 g/mol. The van der Waals surface area contributed by atoms with Gasteiger partial charge in [0.2, 0.25) is 6.29 Å². The number of aliphatic hydroxyl groups excluding tert-OH is 16. The van der Waals surface area contributed by atoms with E-state index in [0.29, 0.717) is 25.7 Å². The summed E-state index contributed by atoms with van der Waals surface area (Å²) in [5.41, 5.74) is -2.55. The Morgan fingerprint density at radius 1 is 0.558 bits per heavy atom. The van der Waals surface area contributed by atoms with E-state index >= 15 is 4.79 Å². The Morgan fingerprint density at radius 2 is 1.14 bits per heavy atom. The van der Waals surface area contributed by atoms with Gasteiger partial charge in [0.25, 0.3) is 0 Å². The van der Waals surface area contributed by atoms with Crippen LogP contribution in [0.3, 0.4) is 0 Å². The molecule has 86 heavy (non-hydrogen) atoms. The van der Waals surface area contributed by atoms with Gasteiger partial charge in [-0.1, -0.05) is 60.1 Å². The molecule has 10 aliphatic rings. The third-order valence-electron chi connectivity index (χ3n) is 23.1. The first-order valence-corrected chi connectivity index (χ1v) is 30.7. The molecule has 0 radical (unpaired) electrons. The van der Waals surface area contributed by atoms with Gasteiger partial charge in [-0.3, -0.25) is 4.79 Å². The highest BCUT2D eigenvalue weighted by molar-refractivity contribution is 5.80. The molecule has 0 aromatic heterocycles. The number of hydrogen-bond donors (Lipinski definition) is 16. The highest BCUT2D eigenvalue weighted by Crippen LogP contribution is 2.76. The Bertz CT molecular complexity index is 2400. The van der Waals surface area contributed by atoms with Crippen LogP contribution in [0.4, 0.5) is 0 Å². The van der Waals surface area contributed by atoms with E-state index in [1.54, 1.807) is 0 Å². The van der Waals surface area contributed by atoms with E-state index in [-0.39, 0.29) is 42.1 Å². The molecular formula is C59H96O27. The molecule has 10 rings (SSSR count). The van der Waals surface area contributed by atoms with Crippen molar-refractivity contribution < 1.29 is 134 Å². The minimum atomic E-state index is -1.97. The van der Waals surface area contributed by atoms with Crippen molar-refractivity contribution in [3.8, 4) is 0 Å². The average Bonchev–Trinajstić information content (AvgIpc) is 0.676. The Balaban J connectivity index is 0.825. The van der Waals surface area contributed by atoms with E-state index in [1.807, 2.05) is 0 Å². The summed E-state index contributed by atoms with van der Waals surface area (Å²) in [4.78, 5) is 15.3. The largest absolute Gasteiger partial charge is 0.432 e. The lowest BCUT2D eigenvalue weighted by molar-refractivity contribution is -0.361. The summed E-state index contributed by atoms with van der Waals surface area (Å²) < 4.78 is 58.7. The van der Waals surface area contributed by atoms with Crippen molar-refractivity contribution in [1.29, 1.82) is 0 Å². The fraction of sp³-hybridized carbons (Fsp3) is 0.949. The molecule has 33 atom stereocenters. The number of hydrogen-bond acceptors (Lipinski definition) is 27. The van der Waals surface area contributed by atoms with Gasteiger partial charge in [-0.25, -0.2) is 0 Å². The topological polar surface area (TPSA) is 433 Å². The number of carbonyl (C=O) groups is 1. The van der Waals surface area contributed by atoms with Crippen LogP contribution in [0.15, 0.2) is 11.6 Å². The smallest absolute Gasteiger partial charge is 0.317 e. The first-order chi connectivity index (χ1) is 40.2. The number of esters is 1. The van der Waals surface area contributed by atoms with Crippen molar-refractivity contribution >= 4 is 5.97 Å². The molecule has 5 aliphatic heterocycles. The Hall–Kier alpha value is -1.79. The maximum absolute atomic E-state index is 15.3. The lowest BCUT2D eigenvalue weighted by Gasteiger charge is -2.71. The molecule has 5 aliphatic carbocycles. The van der Waals surface area contributed by atoms with Crippen LogP contribution in [0.25, 0.3) is 0 Å². The normalized spacial score (nSPS) is 54.5. The van der Waals surface area contributed by atoms with Crippen LogP contribution < -0.4 is 0 Å². The highest BCUT2D eigenvalue weighted by atomic mass is 16.8. The van der Waals surface area contributed by atoms with E-state index < -0.39 is 213 Å². The maximum Gasteiger partial charge on any atom is 0.317 e. The first kappa shape index (κ1) is 67.1. The fourth-order valence-corrected chi connectivity index (χ4v) is 17.7. The van der Waals surface area contributed by atoms with Crippen molar-refractivity contribution in [2.24, 2.45) is 50.2 Å². The summed E-state index contributed by atoms with van der Waals surface area (Å²) in [7, 11) is 0. The van der Waals surface area contributed by atoms with Crippen LogP contribution in [0.5, 0.6) is 0 Å². The standard InChI is InChI=1S/C59H96O27/c1-23-34(64)37(67)41(71)50(79-23)85-47-28(20-61)81-48(44(74)40(47)70)78-22-29-36(66)39(69)43(73)52(82-29)86-53(76)59-16-15-54(2,3)17-25(59)24-9-10-31-56(6)13-12-33(55(4,5)30(56)11-14-57(31,7)58(24,8)18-32(59)63)83-49-45(75)46(26(62)21-77-49)84-51-42(72)38(68)35(65)27(19-60)80-51/h9,23,25-52,60-75H,10-22H2,1-8H3/t23-,25-,26-,27+,28+,29+,30-,31+,32-,33-,34-,35+,36+,37+,38-,39-,40+,41+,42+,43+,44+,45+,46-,47+,48+,49-,50-,51-,52-,56-,57+,58+,59+/m0/s1.